The molecule has 1 aromatic heterocycles. The first-order valence-corrected chi connectivity index (χ1v) is 9.37. The Morgan fingerprint density at radius 2 is 1.68 bits per heavy atom. The first-order valence-electron chi connectivity index (χ1n) is 8.49. The summed E-state index contributed by atoms with van der Waals surface area (Å²) >= 11 is 1.61. The van der Waals surface area contributed by atoms with Gasteiger partial charge in [0.2, 0.25) is 0 Å². The van der Waals surface area contributed by atoms with Gasteiger partial charge in [0.25, 0.3) is 0 Å². The number of unbranched alkanes of at least 4 members (excludes halogenated alkanes) is 6. The Balaban J connectivity index is 0.00000441. The molecule has 0 saturated carbocycles. The van der Waals surface area contributed by atoms with E-state index in [1.165, 1.54) is 49.7 Å². The molecule has 0 bridgehead atoms. The number of hydrogen-bond acceptors (Lipinski definition) is 3. The molecule has 0 radical (unpaired) electrons. The Hall–Kier alpha value is -0.0900. The highest BCUT2D eigenvalue weighted by Gasteiger charge is 2.28. The zero-order valence-electron chi connectivity index (χ0n) is 14.7. The third kappa shape index (κ3) is 6.57. The smallest absolute Gasteiger partial charge is 0.149 e. The van der Waals surface area contributed by atoms with Crippen LogP contribution < -0.4 is 5.73 Å². The Bertz CT molecular complexity index is 415. The fourth-order valence-corrected chi connectivity index (χ4v) is 4.19. The van der Waals surface area contributed by atoms with Gasteiger partial charge in [0.05, 0.1) is 4.88 Å². The molecule has 1 aromatic rings. The molecule has 130 valence electrons. The van der Waals surface area contributed by atoms with Crippen LogP contribution >= 0.6 is 23.7 Å². The largest absolute Gasteiger partial charge is 0.371 e. The van der Waals surface area contributed by atoms with Crippen LogP contribution in [0.25, 0.3) is 0 Å². The zero-order chi connectivity index (χ0) is 15.9. The summed E-state index contributed by atoms with van der Waals surface area (Å²) in [6.07, 6.45) is 9.39. The van der Waals surface area contributed by atoms with Crippen molar-refractivity contribution in [3.05, 3.63) is 21.4 Å². The van der Waals surface area contributed by atoms with Gasteiger partial charge in [-0.25, -0.2) is 0 Å². The number of aliphatic hydroxyl groups is 1. The fraction of sp³-hybridized carbons (Fsp3) is 0.778. The van der Waals surface area contributed by atoms with Crippen LogP contribution in [-0.4, -0.2) is 5.11 Å². The van der Waals surface area contributed by atoms with E-state index in [1.54, 1.807) is 11.3 Å². The molecule has 0 saturated heterocycles. The molecule has 1 atom stereocenters. The van der Waals surface area contributed by atoms with E-state index in [1.807, 2.05) is 0 Å². The van der Waals surface area contributed by atoms with Crippen molar-refractivity contribution in [1.82, 2.24) is 0 Å². The Morgan fingerprint density at radius 3 is 2.18 bits per heavy atom. The molecule has 0 aromatic carbocycles. The maximum Gasteiger partial charge on any atom is 0.149 e. The van der Waals surface area contributed by atoms with E-state index in [0.717, 1.165) is 11.3 Å². The van der Waals surface area contributed by atoms with Crippen molar-refractivity contribution in [1.29, 1.82) is 0 Å². The minimum atomic E-state index is -1.15. The van der Waals surface area contributed by atoms with E-state index >= 15 is 0 Å². The standard InChI is InChI=1S/C18H33NOS.ClH/c1-5-6-7-8-9-10-11-12-18(19,20)17-15(4)16(13-21-17)14(2)3;/h13-14,20H,5-12,19H2,1-4H3;1H. The number of nitrogens with two attached hydrogens (primary N) is 1. The van der Waals surface area contributed by atoms with Crippen molar-refractivity contribution in [2.75, 3.05) is 0 Å². The first kappa shape index (κ1) is 21.9. The third-order valence-corrected chi connectivity index (χ3v) is 5.52. The monoisotopic (exact) mass is 347 g/mol. The lowest BCUT2D eigenvalue weighted by Gasteiger charge is -2.23. The molecular weight excluding hydrogens is 314 g/mol. The quantitative estimate of drug-likeness (QED) is 0.412. The van der Waals surface area contributed by atoms with Crippen molar-refractivity contribution in [3.8, 4) is 0 Å². The topological polar surface area (TPSA) is 46.2 Å². The Morgan fingerprint density at radius 1 is 1.14 bits per heavy atom. The molecule has 1 heterocycles. The lowest BCUT2D eigenvalue weighted by molar-refractivity contribution is 0.0346. The van der Waals surface area contributed by atoms with Gasteiger partial charge in [-0.2, -0.15) is 0 Å². The number of hydrogen-bond donors (Lipinski definition) is 2. The molecule has 0 aliphatic rings. The maximum absolute atomic E-state index is 10.6. The Kier molecular flexibility index (Phi) is 10.6. The maximum atomic E-state index is 10.6. The predicted octanol–water partition coefficient (Wildman–Crippen LogP) is 5.85. The van der Waals surface area contributed by atoms with Gasteiger partial charge in [0.15, 0.2) is 0 Å². The fourth-order valence-electron chi connectivity index (χ4n) is 2.89. The summed E-state index contributed by atoms with van der Waals surface area (Å²) in [7, 11) is 0. The van der Waals surface area contributed by atoms with Crippen LogP contribution in [0.4, 0.5) is 0 Å². The molecule has 22 heavy (non-hydrogen) atoms. The lowest BCUT2D eigenvalue weighted by Crippen LogP contribution is -2.36. The number of halogens is 1. The summed E-state index contributed by atoms with van der Waals surface area (Å²) in [6, 6.07) is 0. The average molecular weight is 348 g/mol. The molecule has 1 unspecified atom stereocenters. The molecule has 0 aliphatic carbocycles. The minimum absolute atomic E-state index is 0. The Labute approximate surface area is 146 Å². The van der Waals surface area contributed by atoms with Crippen LogP contribution in [0.2, 0.25) is 0 Å². The van der Waals surface area contributed by atoms with Gasteiger partial charge in [-0.3, -0.25) is 5.73 Å². The van der Waals surface area contributed by atoms with E-state index in [2.05, 4.69) is 33.1 Å². The molecule has 2 nitrogen and oxygen atoms in total. The summed E-state index contributed by atoms with van der Waals surface area (Å²) in [6.45, 7) is 8.70. The van der Waals surface area contributed by atoms with Gasteiger partial charge < -0.3 is 5.11 Å². The van der Waals surface area contributed by atoms with Gasteiger partial charge in [0, 0.05) is 0 Å². The van der Waals surface area contributed by atoms with Gasteiger partial charge in [-0.1, -0.05) is 59.3 Å². The van der Waals surface area contributed by atoms with E-state index < -0.39 is 5.72 Å². The molecular formula is C18H34ClNOS. The molecule has 4 heteroatoms. The summed E-state index contributed by atoms with van der Waals surface area (Å²) in [4.78, 5) is 0.956. The van der Waals surface area contributed by atoms with E-state index in [4.69, 9.17) is 5.73 Å². The first-order chi connectivity index (χ1) is 9.90. The van der Waals surface area contributed by atoms with Crippen molar-refractivity contribution in [3.63, 3.8) is 0 Å². The van der Waals surface area contributed by atoms with Crippen LogP contribution in [0.1, 0.15) is 94.1 Å². The predicted molar refractivity (Wildman–Crippen MR) is 101 cm³/mol. The van der Waals surface area contributed by atoms with Gasteiger partial charge in [0.1, 0.15) is 5.72 Å². The van der Waals surface area contributed by atoms with Crippen LogP contribution in [0.15, 0.2) is 5.38 Å². The van der Waals surface area contributed by atoms with Crippen LogP contribution in [0.3, 0.4) is 0 Å². The van der Waals surface area contributed by atoms with Crippen molar-refractivity contribution < 1.29 is 5.11 Å². The number of rotatable bonds is 10. The highest BCUT2D eigenvalue weighted by molar-refractivity contribution is 7.10. The molecule has 0 aliphatic heterocycles. The van der Waals surface area contributed by atoms with Crippen molar-refractivity contribution in [2.45, 2.75) is 90.7 Å². The second kappa shape index (κ2) is 10.6. The van der Waals surface area contributed by atoms with E-state index in [9.17, 15) is 5.11 Å². The van der Waals surface area contributed by atoms with Gasteiger partial charge >= 0.3 is 0 Å². The molecule has 1 rings (SSSR count). The van der Waals surface area contributed by atoms with Crippen LogP contribution in [-0.2, 0) is 5.72 Å². The molecule has 0 fully saturated rings. The lowest BCUT2D eigenvalue weighted by atomic mass is 9.95. The molecule has 0 spiro atoms. The van der Waals surface area contributed by atoms with Crippen LogP contribution in [0.5, 0.6) is 0 Å². The van der Waals surface area contributed by atoms with E-state index in [0.29, 0.717) is 12.3 Å². The van der Waals surface area contributed by atoms with Crippen LogP contribution in [0, 0.1) is 6.92 Å². The highest BCUT2D eigenvalue weighted by atomic mass is 35.5. The second-order valence-electron chi connectivity index (χ2n) is 6.60. The SMILES string of the molecule is CCCCCCCCCC(N)(O)c1scc(C(C)C)c1C.Cl. The summed E-state index contributed by atoms with van der Waals surface area (Å²) in [5.74, 6) is 0.490. The summed E-state index contributed by atoms with van der Waals surface area (Å²) in [5.41, 5.74) is 7.53. The van der Waals surface area contributed by atoms with Gasteiger partial charge in [-0.05, 0) is 42.2 Å². The van der Waals surface area contributed by atoms with Gasteiger partial charge in [-0.15, -0.1) is 23.7 Å². The van der Waals surface area contributed by atoms with Crippen molar-refractivity contribution in [2.24, 2.45) is 5.73 Å². The highest BCUT2D eigenvalue weighted by Crippen LogP contribution is 2.35. The third-order valence-electron chi connectivity index (χ3n) is 4.25. The van der Waals surface area contributed by atoms with Crippen molar-refractivity contribution >= 4 is 23.7 Å². The minimum Gasteiger partial charge on any atom is -0.371 e. The zero-order valence-corrected chi connectivity index (χ0v) is 16.3. The summed E-state index contributed by atoms with van der Waals surface area (Å²) < 4.78 is 0. The van der Waals surface area contributed by atoms with E-state index in [-0.39, 0.29) is 12.4 Å². The molecule has 3 N–H and O–H groups in total. The second-order valence-corrected chi connectivity index (χ2v) is 7.48. The average Bonchev–Trinajstić information content (AvgIpc) is 2.80. The summed E-state index contributed by atoms with van der Waals surface area (Å²) in [5, 5.41) is 12.7. The normalized spacial score (nSPS) is 14.0. The number of thiophene rings is 1. The molecule has 0 amide bonds.